The van der Waals surface area contributed by atoms with E-state index in [4.69, 9.17) is 0 Å². The molecule has 0 saturated heterocycles. The van der Waals surface area contributed by atoms with Gasteiger partial charge in [0.05, 0.1) is 6.54 Å². The maximum Gasteiger partial charge on any atom is 0.193 e. The van der Waals surface area contributed by atoms with Gasteiger partial charge in [-0.2, -0.15) is 0 Å². The molecule has 0 aliphatic rings. The molecule has 0 unspecified atom stereocenters. The fourth-order valence-corrected chi connectivity index (χ4v) is 1.72. The van der Waals surface area contributed by atoms with E-state index in [1.807, 2.05) is 6.07 Å². The summed E-state index contributed by atoms with van der Waals surface area (Å²) < 4.78 is 0. The number of hydrogen-bond acceptors (Lipinski definition) is 1. The molecule has 0 aromatic heterocycles. The molecular weight excluding hydrogens is 349 g/mol. The van der Waals surface area contributed by atoms with Crippen LogP contribution in [0.2, 0.25) is 0 Å². The van der Waals surface area contributed by atoms with Gasteiger partial charge in [-0.25, -0.2) is 4.99 Å². The van der Waals surface area contributed by atoms with E-state index in [1.54, 1.807) is 0 Å². The summed E-state index contributed by atoms with van der Waals surface area (Å²) in [4.78, 5) is 6.87. The molecule has 0 saturated carbocycles. The van der Waals surface area contributed by atoms with Gasteiger partial charge < -0.3 is 10.2 Å². The van der Waals surface area contributed by atoms with E-state index in [-0.39, 0.29) is 24.0 Å². The number of unbranched alkanes of at least 4 members (excludes halogenated alkanes) is 1. The summed E-state index contributed by atoms with van der Waals surface area (Å²) in [5.41, 5.74) is 1.25. The highest BCUT2D eigenvalue weighted by Crippen LogP contribution is 2.01. The Balaban J connectivity index is 0.00000324. The molecule has 108 valence electrons. The van der Waals surface area contributed by atoms with E-state index in [0.29, 0.717) is 0 Å². The number of hydrogen-bond donors (Lipinski definition) is 1. The van der Waals surface area contributed by atoms with Crippen molar-refractivity contribution in [2.75, 3.05) is 20.1 Å². The van der Waals surface area contributed by atoms with E-state index >= 15 is 0 Å². The lowest BCUT2D eigenvalue weighted by molar-refractivity contribution is 0.465. The average Bonchev–Trinajstić information content (AvgIpc) is 2.42. The molecule has 1 rings (SSSR count). The van der Waals surface area contributed by atoms with Crippen molar-refractivity contribution in [3.8, 4) is 0 Å². The predicted molar refractivity (Wildman–Crippen MR) is 94.2 cm³/mol. The van der Waals surface area contributed by atoms with Crippen LogP contribution in [0.5, 0.6) is 0 Å². The van der Waals surface area contributed by atoms with Crippen molar-refractivity contribution in [3.63, 3.8) is 0 Å². The first-order valence-electron chi connectivity index (χ1n) is 6.81. The Morgan fingerprint density at radius 2 is 1.89 bits per heavy atom. The second-order valence-corrected chi connectivity index (χ2v) is 4.43. The molecule has 0 fully saturated rings. The quantitative estimate of drug-likeness (QED) is 0.468. The lowest BCUT2D eigenvalue weighted by Crippen LogP contribution is -2.39. The van der Waals surface area contributed by atoms with Gasteiger partial charge in [-0.05, 0) is 18.9 Å². The molecule has 0 heterocycles. The number of rotatable bonds is 6. The van der Waals surface area contributed by atoms with Crippen LogP contribution < -0.4 is 5.32 Å². The lowest BCUT2D eigenvalue weighted by Gasteiger charge is -2.21. The standard InChI is InChI=1S/C15H25N3.HI/c1-4-6-12-18(3)15(16-5-2)17-13-14-10-8-7-9-11-14;/h7-11H,4-6,12-13H2,1-3H3,(H,16,17);1H. The molecule has 4 heteroatoms. The van der Waals surface area contributed by atoms with Crippen LogP contribution in [0, 0.1) is 0 Å². The highest BCUT2D eigenvalue weighted by Gasteiger charge is 2.04. The Kier molecular flexibility index (Phi) is 10.6. The Labute approximate surface area is 134 Å². The van der Waals surface area contributed by atoms with Crippen LogP contribution in [0.1, 0.15) is 32.3 Å². The van der Waals surface area contributed by atoms with E-state index in [1.165, 1.54) is 18.4 Å². The van der Waals surface area contributed by atoms with E-state index < -0.39 is 0 Å². The normalized spacial score (nSPS) is 10.8. The maximum atomic E-state index is 4.67. The molecule has 0 radical (unpaired) electrons. The van der Waals surface area contributed by atoms with Crippen LogP contribution in [-0.2, 0) is 6.54 Å². The third-order valence-electron chi connectivity index (χ3n) is 2.80. The molecule has 19 heavy (non-hydrogen) atoms. The van der Waals surface area contributed by atoms with Gasteiger partial charge in [0.25, 0.3) is 0 Å². The molecule has 1 aromatic rings. The molecule has 1 aromatic carbocycles. The van der Waals surface area contributed by atoms with Gasteiger partial charge in [0.1, 0.15) is 0 Å². The number of nitrogens with one attached hydrogen (secondary N) is 1. The van der Waals surface area contributed by atoms with Crippen LogP contribution in [0.4, 0.5) is 0 Å². The predicted octanol–water partition coefficient (Wildman–Crippen LogP) is 3.50. The number of nitrogens with zero attached hydrogens (tertiary/aromatic N) is 2. The summed E-state index contributed by atoms with van der Waals surface area (Å²) in [6, 6.07) is 10.4. The van der Waals surface area contributed by atoms with E-state index in [9.17, 15) is 0 Å². The van der Waals surface area contributed by atoms with Crippen molar-refractivity contribution >= 4 is 29.9 Å². The Bertz CT molecular complexity index is 352. The SMILES string of the molecule is CCCCN(C)C(=NCc1ccccc1)NCC.I. The van der Waals surface area contributed by atoms with Crippen LogP contribution in [0.25, 0.3) is 0 Å². The van der Waals surface area contributed by atoms with E-state index in [0.717, 1.165) is 25.6 Å². The van der Waals surface area contributed by atoms with Gasteiger partial charge in [-0.1, -0.05) is 43.7 Å². The second kappa shape index (κ2) is 11.1. The molecule has 3 nitrogen and oxygen atoms in total. The first-order valence-corrected chi connectivity index (χ1v) is 6.81. The largest absolute Gasteiger partial charge is 0.357 e. The minimum absolute atomic E-state index is 0. The molecule has 0 atom stereocenters. The first-order chi connectivity index (χ1) is 8.77. The maximum absolute atomic E-state index is 4.67. The monoisotopic (exact) mass is 375 g/mol. The fourth-order valence-electron chi connectivity index (χ4n) is 1.72. The van der Waals surface area contributed by atoms with Gasteiger partial charge in [0, 0.05) is 20.1 Å². The summed E-state index contributed by atoms with van der Waals surface area (Å²) in [6.07, 6.45) is 2.41. The smallest absolute Gasteiger partial charge is 0.193 e. The molecule has 0 amide bonds. The van der Waals surface area contributed by atoms with Gasteiger partial charge in [-0.3, -0.25) is 0 Å². The van der Waals surface area contributed by atoms with Gasteiger partial charge in [0.2, 0.25) is 0 Å². The fraction of sp³-hybridized carbons (Fsp3) is 0.533. The van der Waals surface area contributed by atoms with Crippen LogP contribution >= 0.6 is 24.0 Å². The zero-order valence-corrected chi connectivity index (χ0v) is 14.6. The molecule has 0 spiro atoms. The van der Waals surface area contributed by atoms with Crippen LogP contribution in [-0.4, -0.2) is 31.0 Å². The zero-order valence-electron chi connectivity index (χ0n) is 12.2. The van der Waals surface area contributed by atoms with Crippen molar-refractivity contribution < 1.29 is 0 Å². The van der Waals surface area contributed by atoms with Crippen molar-refractivity contribution in [1.82, 2.24) is 10.2 Å². The zero-order chi connectivity index (χ0) is 13.2. The molecule has 0 aliphatic carbocycles. The number of benzene rings is 1. The Hall–Kier alpha value is -0.780. The van der Waals surface area contributed by atoms with Crippen molar-refractivity contribution in [1.29, 1.82) is 0 Å². The Morgan fingerprint density at radius 1 is 1.21 bits per heavy atom. The molecule has 0 bridgehead atoms. The summed E-state index contributed by atoms with van der Waals surface area (Å²) in [6.45, 7) is 7.01. The van der Waals surface area contributed by atoms with Gasteiger partial charge in [0.15, 0.2) is 5.96 Å². The van der Waals surface area contributed by atoms with Crippen molar-refractivity contribution in [2.45, 2.75) is 33.2 Å². The molecule has 1 N–H and O–H groups in total. The Morgan fingerprint density at radius 3 is 2.47 bits per heavy atom. The minimum atomic E-state index is 0. The summed E-state index contributed by atoms with van der Waals surface area (Å²) in [5.74, 6) is 0.995. The lowest BCUT2D eigenvalue weighted by atomic mass is 10.2. The molecular formula is C15H26IN3. The van der Waals surface area contributed by atoms with Crippen LogP contribution in [0.15, 0.2) is 35.3 Å². The summed E-state index contributed by atoms with van der Waals surface area (Å²) >= 11 is 0. The number of halogens is 1. The third kappa shape index (κ3) is 7.40. The highest BCUT2D eigenvalue weighted by atomic mass is 127. The average molecular weight is 375 g/mol. The second-order valence-electron chi connectivity index (χ2n) is 4.43. The number of aliphatic imine (C=N–C) groups is 1. The summed E-state index contributed by atoms with van der Waals surface area (Å²) in [5, 5.41) is 3.34. The van der Waals surface area contributed by atoms with Crippen molar-refractivity contribution in [2.24, 2.45) is 4.99 Å². The third-order valence-corrected chi connectivity index (χ3v) is 2.80. The van der Waals surface area contributed by atoms with E-state index in [2.05, 4.69) is 60.4 Å². The van der Waals surface area contributed by atoms with Crippen LogP contribution in [0.3, 0.4) is 0 Å². The summed E-state index contributed by atoms with van der Waals surface area (Å²) in [7, 11) is 2.10. The van der Waals surface area contributed by atoms with Gasteiger partial charge >= 0.3 is 0 Å². The first kappa shape index (κ1) is 18.2. The highest BCUT2D eigenvalue weighted by molar-refractivity contribution is 14.0. The van der Waals surface area contributed by atoms with Gasteiger partial charge in [-0.15, -0.1) is 24.0 Å². The topological polar surface area (TPSA) is 27.6 Å². The van der Waals surface area contributed by atoms with Crippen molar-refractivity contribution in [3.05, 3.63) is 35.9 Å². The number of guanidine groups is 1. The minimum Gasteiger partial charge on any atom is -0.357 e. The molecule has 0 aliphatic heterocycles.